The molecule has 26 heavy (non-hydrogen) atoms. The fraction of sp³-hybridized carbons (Fsp3) is 0.118. The van der Waals surface area contributed by atoms with E-state index in [9.17, 15) is 4.79 Å². The standard InChI is InChI=1S/C17H12Cl2IN3O3/c18-10-1-6-13(14(19)7-10)17-22-16(26-23-17)8-21-15(24)9-25-12-4-2-11(20)3-5-12/h1-7H,8-9H2,(H,21,24). The average Bonchev–Trinajstić information content (AvgIpc) is 3.08. The van der Waals surface area contributed by atoms with Gasteiger partial charge in [0.05, 0.1) is 11.6 Å². The number of rotatable bonds is 6. The predicted octanol–water partition coefficient (Wildman–Crippen LogP) is 4.34. The van der Waals surface area contributed by atoms with E-state index in [0.29, 0.717) is 27.2 Å². The van der Waals surface area contributed by atoms with Crippen molar-refractivity contribution in [2.45, 2.75) is 6.54 Å². The van der Waals surface area contributed by atoms with Crippen LogP contribution in [0.4, 0.5) is 0 Å². The van der Waals surface area contributed by atoms with Crippen molar-refractivity contribution in [2.24, 2.45) is 0 Å². The van der Waals surface area contributed by atoms with Crippen molar-refractivity contribution >= 4 is 51.7 Å². The third-order valence-corrected chi connectivity index (χ3v) is 4.53. The molecule has 0 aliphatic heterocycles. The van der Waals surface area contributed by atoms with Crippen molar-refractivity contribution in [2.75, 3.05) is 6.61 Å². The van der Waals surface area contributed by atoms with E-state index in [-0.39, 0.29) is 24.9 Å². The lowest BCUT2D eigenvalue weighted by atomic mass is 10.2. The third-order valence-electron chi connectivity index (χ3n) is 3.26. The number of ether oxygens (including phenoxy) is 1. The van der Waals surface area contributed by atoms with E-state index < -0.39 is 0 Å². The van der Waals surface area contributed by atoms with Gasteiger partial charge in [0, 0.05) is 14.2 Å². The zero-order valence-electron chi connectivity index (χ0n) is 13.2. The smallest absolute Gasteiger partial charge is 0.258 e. The van der Waals surface area contributed by atoms with Gasteiger partial charge >= 0.3 is 0 Å². The Bertz CT molecular complexity index is 916. The highest BCUT2D eigenvalue weighted by atomic mass is 127. The minimum atomic E-state index is -0.298. The van der Waals surface area contributed by atoms with E-state index in [1.54, 1.807) is 30.3 Å². The Labute approximate surface area is 173 Å². The van der Waals surface area contributed by atoms with Crippen LogP contribution in [0.25, 0.3) is 11.4 Å². The number of carbonyl (C=O) groups is 1. The molecule has 0 saturated heterocycles. The maximum absolute atomic E-state index is 11.9. The molecule has 0 saturated carbocycles. The van der Waals surface area contributed by atoms with Gasteiger partial charge in [0.15, 0.2) is 6.61 Å². The van der Waals surface area contributed by atoms with Crippen molar-refractivity contribution < 1.29 is 14.1 Å². The van der Waals surface area contributed by atoms with Crippen LogP contribution in [-0.4, -0.2) is 22.7 Å². The highest BCUT2D eigenvalue weighted by molar-refractivity contribution is 14.1. The quantitative estimate of drug-likeness (QED) is 0.506. The van der Waals surface area contributed by atoms with E-state index >= 15 is 0 Å². The fourth-order valence-electron chi connectivity index (χ4n) is 2.01. The summed E-state index contributed by atoms with van der Waals surface area (Å²) in [6.07, 6.45) is 0. The minimum Gasteiger partial charge on any atom is -0.484 e. The molecule has 0 unspecified atom stereocenters. The lowest BCUT2D eigenvalue weighted by Gasteiger charge is -2.06. The molecular formula is C17H12Cl2IN3O3. The number of nitrogens with one attached hydrogen (secondary N) is 1. The molecule has 0 aliphatic rings. The molecule has 1 heterocycles. The topological polar surface area (TPSA) is 77.2 Å². The van der Waals surface area contributed by atoms with Crippen LogP contribution in [0.5, 0.6) is 5.75 Å². The van der Waals surface area contributed by atoms with Gasteiger partial charge in [0.25, 0.3) is 5.91 Å². The molecule has 2 aromatic carbocycles. The number of benzene rings is 2. The van der Waals surface area contributed by atoms with Gasteiger partial charge in [-0.25, -0.2) is 0 Å². The summed E-state index contributed by atoms with van der Waals surface area (Å²) in [5.41, 5.74) is 0.597. The lowest BCUT2D eigenvalue weighted by Crippen LogP contribution is -2.28. The summed E-state index contributed by atoms with van der Waals surface area (Å²) in [5.74, 6) is 0.908. The maximum Gasteiger partial charge on any atom is 0.258 e. The van der Waals surface area contributed by atoms with Gasteiger partial charge in [-0.2, -0.15) is 4.98 Å². The van der Waals surface area contributed by atoms with Crippen molar-refractivity contribution in [3.8, 4) is 17.1 Å². The number of hydrogen-bond acceptors (Lipinski definition) is 5. The van der Waals surface area contributed by atoms with Gasteiger partial charge in [-0.15, -0.1) is 0 Å². The lowest BCUT2D eigenvalue weighted by molar-refractivity contribution is -0.123. The van der Waals surface area contributed by atoms with Crippen LogP contribution in [0, 0.1) is 3.57 Å². The molecule has 0 radical (unpaired) electrons. The highest BCUT2D eigenvalue weighted by Crippen LogP contribution is 2.28. The number of hydrogen-bond donors (Lipinski definition) is 1. The monoisotopic (exact) mass is 503 g/mol. The highest BCUT2D eigenvalue weighted by Gasteiger charge is 2.13. The summed E-state index contributed by atoms with van der Waals surface area (Å²) < 4.78 is 11.6. The first-order valence-corrected chi connectivity index (χ1v) is 9.28. The summed E-state index contributed by atoms with van der Waals surface area (Å²) in [5, 5.41) is 7.45. The van der Waals surface area contributed by atoms with Crippen LogP contribution in [0.15, 0.2) is 47.0 Å². The van der Waals surface area contributed by atoms with Crippen LogP contribution in [0.3, 0.4) is 0 Å². The summed E-state index contributed by atoms with van der Waals surface area (Å²) in [6, 6.07) is 12.4. The second kappa shape index (κ2) is 8.70. The third kappa shape index (κ3) is 5.09. The summed E-state index contributed by atoms with van der Waals surface area (Å²) in [4.78, 5) is 16.1. The van der Waals surface area contributed by atoms with E-state index in [2.05, 4.69) is 38.0 Å². The first-order chi connectivity index (χ1) is 12.5. The SMILES string of the molecule is O=C(COc1ccc(I)cc1)NCc1nc(-c2ccc(Cl)cc2Cl)no1. The van der Waals surface area contributed by atoms with Gasteiger partial charge in [-0.1, -0.05) is 28.4 Å². The van der Waals surface area contributed by atoms with Crippen LogP contribution in [0.2, 0.25) is 10.0 Å². The Morgan fingerprint density at radius 2 is 1.96 bits per heavy atom. The molecule has 1 N–H and O–H groups in total. The van der Waals surface area contributed by atoms with Crippen molar-refractivity contribution in [1.82, 2.24) is 15.5 Å². The molecule has 6 nitrogen and oxygen atoms in total. The number of aromatic nitrogens is 2. The van der Waals surface area contributed by atoms with E-state index in [1.165, 1.54) is 0 Å². The number of carbonyl (C=O) groups excluding carboxylic acids is 1. The molecule has 1 aromatic heterocycles. The van der Waals surface area contributed by atoms with Crippen LogP contribution in [0.1, 0.15) is 5.89 Å². The van der Waals surface area contributed by atoms with E-state index in [4.69, 9.17) is 32.5 Å². The molecule has 0 atom stereocenters. The zero-order chi connectivity index (χ0) is 18.5. The molecule has 0 bridgehead atoms. The molecule has 9 heteroatoms. The minimum absolute atomic E-state index is 0.0904. The average molecular weight is 504 g/mol. The van der Waals surface area contributed by atoms with Gasteiger partial charge < -0.3 is 14.6 Å². The molecular weight excluding hydrogens is 492 g/mol. The second-order valence-corrected chi connectivity index (χ2v) is 7.24. The molecule has 0 spiro atoms. The Balaban J connectivity index is 1.52. The Kier molecular flexibility index (Phi) is 6.33. The number of nitrogens with zero attached hydrogens (tertiary/aromatic N) is 2. The van der Waals surface area contributed by atoms with Gasteiger partial charge in [-0.05, 0) is 65.1 Å². The van der Waals surface area contributed by atoms with Gasteiger partial charge in [-0.3, -0.25) is 4.79 Å². The summed E-state index contributed by atoms with van der Waals surface area (Å²) >= 11 is 14.2. The summed E-state index contributed by atoms with van der Waals surface area (Å²) in [6.45, 7) is -0.0162. The van der Waals surface area contributed by atoms with Crippen molar-refractivity contribution in [1.29, 1.82) is 0 Å². The Morgan fingerprint density at radius 3 is 2.69 bits per heavy atom. The largest absolute Gasteiger partial charge is 0.484 e. The molecule has 3 rings (SSSR count). The number of amides is 1. The summed E-state index contributed by atoms with van der Waals surface area (Å²) in [7, 11) is 0. The molecule has 134 valence electrons. The van der Waals surface area contributed by atoms with Crippen LogP contribution >= 0.6 is 45.8 Å². The van der Waals surface area contributed by atoms with Crippen LogP contribution in [-0.2, 0) is 11.3 Å². The molecule has 1 amide bonds. The maximum atomic E-state index is 11.9. The van der Waals surface area contributed by atoms with Crippen molar-refractivity contribution in [3.63, 3.8) is 0 Å². The van der Waals surface area contributed by atoms with Gasteiger partial charge in [0.1, 0.15) is 5.75 Å². The first-order valence-electron chi connectivity index (χ1n) is 7.44. The Morgan fingerprint density at radius 1 is 1.19 bits per heavy atom. The van der Waals surface area contributed by atoms with E-state index in [0.717, 1.165) is 3.57 Å². The van der Waals surface area contributed by atoms with Crippen LogP contribution < -0.4 is 10.1 Å². The second-order valence-electron chi connectivity index (χ2n) is 5.16. The molecule has 3 aromatic rings. The first kappa shape index (κ1) is 18.9. The van der Waals surface area contributed by atoms with E-state index in [1.807, 2.05) is 12.1 Å². The van der Waals surface area contributed by atoms with Gasteiger partial charge in [0.2, 0.25) is 11.7 Å². The molecule has 0 aliphatic carbocycles. The fourth-order valence-corrected chi connectivity index (χ4v) is 2.86. The Hall–Kier alpha value is -1.84. The predicted molar refractivity (Wildman–Crippen MR) is 106 cm³/mol. The zero-order valence-corrected chi connectivity index (χ0v) is 16.9. The normalized spacial score (nSPS) is 10.6. The number of halogens is 3. The van der Waals surface area contributed by atoms with Crippen molar-refractivity contribution in [3.05, 3.63) is 62.0 Å². The molecule has 0 fully saturated rings.